The van der Waals surface area contributed by atoms with Crippen molar-refractivity contribution in [1.29, 1.82) is 0 Å². The van der Waals surface area contributed by atoms with E-state index in [1.165, 1.54) is 6.92 Å². The Morgan fingerprint density at radius 2 is 0.862 bits per heavy atom. The van der Waals surface area contributed by atoms with E-state index in [9.17, 15) is 9.90 Å². The van der Waals surface area contributed by atoms with Gasteiger partial charge in [-0.05, 0) is 12.5 Å². The molecule has 156 valence electrons. The molecule has 0 aliphatic rings. The lowest BCUT2D eigenvalue weighted by atomic mass is 10.4. The van der Waals surface area contributed by atoms with E-state index in [1.54, 1.807) is 0 Å². The molecule has 0 unspecified atom stereocenters. The first-order valence-electron chi connectivity index (χ1n) is 7.91. The van der Waals surface area contributed by atoms with Gasteiger partial charge in [0.05, 0.1) is 5.97 Å². The van der Waals surface area contributed by atoms with Crippen molar-refractivity contribution in [3.8, 4) is 0 Å². The standard InChI is InChI=1S/3C5H5N.C4H6O2.H2O4S/c3*1-2-4-6-5-3-1;1-3(2)4(5)6;1-5(2,3)4/h3*1-5H;1H2,2H3,(H,5,6);(H2,1,2,3,4). The van der Waals surface area contributed by atoms with Crippen LogP contribution in [0.4, 0.5) is 0 Å². The Bertz CT molecular complexity index is 674. The third-order valence-corrected chi connectivity index (χ3v) is 2.17. The van der Waals surface area contributed by atoms with Gasteiger partial charge in [0.1, 0.15) is 0 Å². The summed E-state index contributed by atoms with van der Waals surface area (Å²) in [7, 11) is -5.17. The number of carboxylic acids is 1. The molecule has 0 atom stereocenters. The van der Waals surface area contributed by atoms with Gasteiger partial charge in [-0.1, -0.05) is 24.8 Å². The molecule has 0 bridgehead atoms. The second-order valence-electron chi connectivity index (χ2n) is 4.71. The van der Waals surface area contributed by atoms with E-state index >= 15 is 0 Å². The Kier molecular flexibility index (Phi) is 18.5. The van der Waals surface area contributed by atoms with E-state index in [0.717, 1.165) is 0 Å². The van der Waals surface area contributed by atoms with Crippen LogP contribution < -0.4 is 20.1 Å². The van der Waals surface area contributed by atoms with Gasteiger partial charge in [-0.25, -0.2) is 15.0 Å². The highest BCUT2D eigenvalue weighted by Gasteiger charge is 1.76. The molecule has 0 saturated carbocycles. The normalized spacial score (nSPS) is 8.52. The number of aromatic amines is 3. The summed E-state index contributed by atoms with van der Waals surface area (Å²) >= 11 is 0. The summed E-state index contributed by atoms with van der Waals surface area (Å²) in [6.45, 7) is 4.48. The fraction of sp³-hybridized carbons (Fsp3) is 0.0526. The topological polar surface area (TPSA) is 163 Å². The molecule has 3 aromatic heterocycles. The van der Waals surface area contributed by atoms with Crippen LogP contribution in [0.25, 0.3) is 0 Å². The van der Waals surface area contributed by atoms with Gasteiger partial charge in [0.15, 0.2) is 37.2 Å². The van der Waals surface area contributed by atoms with Gasteiger partial charge >= 0.3 is 0 Å². The van der Waals surface area contributed by atoms with Crippen LogP contribution in [0.3, 0.4) is 0 Å². The van der Waals surface area contributed by atoms with E-state index in [0.29, 0.717) is 0 Å². The zero-order chi connectivity index (χ0) is 22.4. The molecule has 0 aliphatic heterocycles. The zero-order valence-corrected chi connectivity index (χ0v) is 16.5. The number of carbonyl (C=O) groups excluding carboxylic acids is 1. The minimum Gasteiger partial charge on any atom is -0.759 e. The van der Waals surface area contributed by atoms with Crippen LogP contribution >= 0.6 is 0 Å². The average Bonchev–Trinajstić information content (AvgIpc) is 2.72. The maximum Gasteiger partial charge on any atom is 0.166 e. The Labute approximate surface area is 170 Å². The lowest BCUT2D eigenvalue weighted by molar-refractivity contribution is -0.378. The molecular weight excluding hydrogens is 398 g/mol. The molecule has 3 heterocycles. The van der Waals surface area contributed by atoms with Crippen molar-refractivity contribution < 1.29 is 42.4 Å². The van der Waals surface area contributed by atoms with E-state index in [4.69, 9.17) is 17.5 Å². The highest BCUT2D eigenvalue weighted by Crippen LogP contribution is 1.77. The summed E-state index contributed by atoms with van der Waals surface area (Å²) in [5, 5.41) is 9.49. The van der Waals surface area contributed by atoms with Gasteiger partial charge in [-0.3, -0.25) is 8.42 Å². The highest BCUT2D eigenvalue weighted by molar-refractivity contribution is 7.79. The quantitative estimate of drug-likeness (QED) is 0.291. The van der Waals surface area contributed by atoms with Gasteiger partial charge < -0.3 is 19.0 Å². The molecule has 0 radical (unpaired) electrons. The molecule has 3 rings (SSSR count). The van der Waals surface area contributed by atoms with Crippen LogP contribution in [0.15, 0.2) is 104 Å². The predicted molar refractivity (Wildman–Crippen MR) is 99.3 cm³/mol. The molecule has 10 heteroatoms. The van der Waals surface area contributed by atoms with Crippen molar-refractivity contribution in [2.45, 2.75) is 6.92 Å². The first-order valence-corrected chi connectivity index (χ1v) is 9.24. The van der Waals surface area contributed by atoms with E-state index < -0.39 is 16.4 Å². The SMILES string of the molecule is C=C(C)C(=O)[O-].O=S(=O)([O-])[O-].c1cc[nH+]cc1.c1cc[nH+]cc1.c1cc[nH+]cc1. The number of H-pyrrole nitrogens is 3. The summed E-state index contributed by atoms with van der Waals surface area (Å²) in [6.07, 6.45) is 11.2. The van der Waals surface area contributed by atoms with Crippen molar-refractivity contribution in [1.82, 2.24) is 0 Å². The number of aromatic nitrogens is 3. The van der Waals surface area contributed by atoms with Crippen LogP contribution in [0.5, 0.6) is 0 Å². The fourth-order valence-electron chi connectivity index (χ4n) is 1.03. The van der Waals surface area contributed by atoms with Crippen molar-refractivity contribution >= 4 is 16.4 Å². The van der Waals surface area contributed by atoms with Crippen LogP contribution in [-0.4, -0.2) is 23.5 Å². The molecule has 0 saturated heterocycles. The molecule has 0 aromatic carbocycles. The van der Waals surface area contributed by atoms with Crippen molar-refractivity contribution in [2.75, 3.05) is 0 Å². The Balaban J connectivity index is 0. The van der Waals surface area contributed by atoms with Crippen LogP contribution in [0.2, 0.25) is 0 Å². The Morgan fingerprint density at radius 3 is 0.897 bits per heavy atom. The second kappa shape index (κ2) is 19.3. The maximum atomic E-state index is 9.49. The molecule has 9 nitrogen and oxygen atoms in total. The Hall–Kier alpha value is -3.47. The number of carbonyl (C=O) groups is 1. The number of hydrogen-bond acceptors (Lipinski definition) is 6. The van der Waals surface area contributed by atoms with Crippen molar-refractivity contribution in [3.05, 3.63) is 104 Å². The lowest BCUT2D eigenvalue weighted by Crippen LogP contribution is -2.22. The number of carboxylic acid groups (broad SMARTS) is 1. The van der Waals surface area contributed by atoms with Gasteiger partial charge in [-0.15, -0.1) is 0 Å². The first kappa shape index (κ1) is 27.7. The molecule has 0 spiro atoms. The van der Waals surface area contributed by atoms with E-state index in [1.807, 2.05) is 91.8 Å². The molecule has 0 fully saturated rings. The summed E-state index contributed by atoms with van der Waals surface area (Å²) in [5.74, 6) is -1.19. The van der Waals surface area contributed by atoms with Gasteiger partial charge in [0.25, 0.3) is 0 Å². The molecule has 3 aromatic rings. The minimum atomic E-state index is -5.17. The number of hydrogen-bond donors (Lipinski definition) is 0. The summed E-state index contributed by atoms with van der Waals surface area (Å²) in [6, 6.07) is 17.6. The molecule has 0 aliphatic carbocycles. The number of rotatable bonds is 1. The average molecular weight is 421 g/mol. The summed E-state index contributed by atoms with van der Waals surface area (Å²) < 4.78 is 34.1. The zero-order valence-electron chi connectivity index (χ0n) is 15.7. The summed E-state index contributed by atoms with van der Waals surface area (Å²) in [4.78, 5) is 18.2. The second-order valence-corrected chi connectivity index (χ2v) is 5.52. The molecule has 0 amide bonds. The largest absolute Gasteiger partial charge is 0.759 e. The predicted octanol–water partition coefficient (Wildman–Crippen LogP) is -0.523. The van der Waals surface area contributed by atoms with Gasteiger partial charge in [-0.2, -0.15) is 0 Å². The fourth-order valence-corrected chi connectivity index (χ4v) is 1.03. The maximum absolute atomic E-state index is 9.49. The lowest BCUT2D eigenvalue weighted by Gasteiger charge is -2.06. The third kappa shape index (κ3) is 36.3. The van der Waals surface area contributed by atoms with Gasteiger partial charge in [0, 0.05) is 46.8 Å². The smallest absolute Gasteiger partial charge is 0.166 e. The molecular formula is C19H23N3O6S. The number of aliphatic carboxylic acids is 1. The summed E-state index contributed by atoms with van der Waals surface area (Å²) in [5.41, 5.74) is 0.0648. The van der Waals surface area contributed by atoms with E-state index in [2.05, 4.69) is 21.5 Å². The number of nitrogens with one attached hydrogen (secondary N) is 3. The van der Waals surface area contributed by atoms with Crippen molar-refractivity contribution in [3.63, 3.8) is 0 Å². The van der Waals surface area contributed by atoms with Crippen LogP contribution in [-0.2, 0) is 15.2 Å². The van der Waals surface area contributed by atoms with Crippen LogP contribution in [0.1, 0.15) is 6.92 Å². The van der Waals surface area contributed by atoms with E-state index in [-0.39, 0.29) is 5.57 Å². The van der Waals surface area contributed by atoms with Crippen LogP contribution in [0, 0.1) is 0 Å². The third-order valence-electron chi connectivity index (χ3n) is 2.17. The van der Waals surface area contributed by atoms with Crippen molar-refractivity contribution in [2.24, 2.45) is 0 Å². The number of pyridine rings is 3. The van der Waals surface area contributed by atoms with Gasteiger partial charge in [0.2, 0.25) is 0 Å². The minimum absolute atomic E-state index is 0.0648. The first-order chi connectivity index (χ1) is 13.6. The molecule has 3 N–H and O–H groups in total. The monoisotopic (exact) mass is 421 g/mol. The molecule has 29 heavy (non-hydrogen) atoms. The highest BCUT2D eigenvalue weighted by atomic mass is 32.3. The Morgan fingerprint density at radius 1 is 0.690 bits per heavy atom.